The lowest BCUT2D eigenvalue weighted by Gasteiger charge is -2.29. The minimum absolute atomic E-state index is 0.0965. The average Bonchev–Trinajstić information content (AvgIpc) is 2.76. The number of carbonyl (C=O) groups excluding carboxylic acids is 2. The maximum atomic E-state index is 12.0. The Morgan fingerprint density at radius 1 is 0.500 bits per heavy atom. The topological polar surface area (TPSA) is 52.6 Å². The van der Waals surface area contributed by atoms with Crippen molar-refractivity contribution in [3.8, 4) is 0 Å². The van der Waals surface area contributed by atoms with E-state index in [-0.39, 0.29) is 11.9 Å². The molecule has 0 aliphatic carbocycles. The molecule has 0 saturated carbocycles. The van der Waals surface area contributed by atoms with E-state index in [0.717, 1.165) is 60.8 Å². The predicted molar refractivity (Wildman–Crippen MR) is 142 cm³/mol. The van der Waals surface area contributed by atoms with Crippen molar-refractivity contribution >= 4 is 11.9 Å². The first-order valence-electron chi connectivity index (χ1n) is 14.1. The van der Waals surface area contributed by atoms with Crippen molar-refractivity contribution in [2.75, 3.05) is 67.6 Å². The van der Waals surface area contributed by atoms with Gasteiger partial charge in [-0.15, -0.1) is 0 Å². The van der Waals surface area contributed by atoms with Crippen LogP contribution in [-0.2, 0) is 19.1 Å². The third kappa shape index (κ3) is 21.4. The molecular formula is C28H58N2O4+2. The summed E-state index contributed by atoms with van der Waals surface area (Å²) in [6.45, 7) is 9.47. The fourth-order valence-corrected chi connectivity index (χ4v) is 4.01. The standard InChI is InChI=1S/C28H58N2O4/c1-7-9-11-17-21-29(3,4)23-25-33-27(31)19-15-13-14-16-20-28(32)34-26-24-30(5,6)22-18-12-10-8-2/h7-26H2,1-6H3/q+2. The van der Waals surface area contributed by atoms with E-state index >= 15 is 0 Å². The van der Waals surface area contributed by atoms with E-state index in [9.17, 15) is 9.59 Å². The molecule has 0 aromatic carbocycles. The first kappa shape index (κ1) is 32.9. The third-order valence-corrected chi connectivity index (χ3v) is 6.67. The predicted octanol–water partition coefficient (Wildman–Crippen LogP) is 5.73. The summed E-state index contributed by atoms with van der Waals surface area (Å²) in [5.41, 5.74) is 0. The van der Waals surface area contributed by atoms with Gasteiger partial charge in [0, 0.05) is 12.8 Å². The second kappa shape index (κ2) is 20.1. The summed E-state index contributed by atoms with van der Waals surface area (Å²) in [4.78, 5) is 23.9. The number of rotatable bonds is 23. The molecule has 0 saturated heterocycles. The van der Waals surface area contributed by atoms with E-state index in [1.165, 1.54) is 51.4 Å². The molecule has 0 aliphatic rings. The Morgan fingerprint density at radius 2 is 0.853 bits per heavy atom. The fraction of sp³-hybridized carbons (Fsp3) is 0.929. The van der Waals surface area contributed by atoms with Crippen LogP contribution in [-0.4, -0.2) is 88.5 Å². The summed E-state index contributed by atoms with van der Waals surface area (Å²) in [6.07, 6.45) is 14.6. The molecule has 0 aliphatic heterocycles. The molecule has 0 bridgehead atoms. The lowest BCUT2D eigenvalue weighted by molar-refractivity contribution is -0.890. The molecule has 0 fully saturated rings. The minimum Gasteiger partial charge on any atom is -0.460 e. The van der Waals surface area contributed by atoms with E-state index in [0.29, 0.717) is 26.1 Å². The Morgan fingerprint density at radius 3 is 1.21 bits per heavy atom. The summed E-state index contributed by atoms with van der Waals surface area (Å²) in [6, 6.07) is 0. The second-order valence-corrected chi connectivity index (χ2v) is 11.2. The van der Waals surface area contributed by atoms with Gasteiger partial charge in [-0.25, -0.2) is 0 Å². The molecule has 0 unspecified atom stereocenters. The van der Waals surface area contributed by atoms with Crippen LogP contribution in [0.4, 0.5) is 0 Å². The molecule has 34 heavy (non-hydrogen) atoms. The third-order valence-electron chi connectivity index (χ3n) is 6.67. The zero-order valence-electron chi connectivity index (χ0n) is 23.7. The fourth-order valence-electron chi connectivity index (χ4n) is 4.01. The van der Waals surface area contributed by atoms with Gasteiger partial charge in [-0.3, -0.25) is 9.59 Å². The molecule has 0 spiro atoms. The van der Waals surface area contributed by atoms with Gasteiger partial charge < -0.3 is 18.4 Å². The van der Waals surface area contributed by atoms with Crippen LogP contribution in [0.3, 0.4) is 0 Å². The van der Waals surface area contributed by atoms with Gasteiger partial charge >= 0.3 is 11.9 Å². The maximum Gasteiger partial charge on any atom is 0.305 e. The van der Waals surface area contributed by atoms with Gasteiger partial charge in [0.1, 0.15) is 26.3 Å². The van der Waals surface area contributed by atoms with Gasteiger partial charge in [-0.1, -0.05) is 52.4 Å². The van der Waals surface area contributed by atoms with Crippen LogP contribution in [0, 0.1) is 0 Å². The van der Waals surface area contributed by atoms with Crippen LogP contribution in [0.2, 0.25) is 0 Å². The van der Waals surface area contributed by atoms with Crippen LogP contribution >= 0.6 is 0 Å². The van der Waals surface area contributed by atoms with Crippen LogP contribution in [0.1, 0.15) is 104 Å². The highest BCUT2D eigenvalue weighted by Crippen LogP contribution is 2.09. The largest absolute Gasteiger partial charge is 0.460 e. The number of esters is 2. The van der Waals surface area contributed by atoms with Crippen molar-refractivity contribution < 1.29 is 28.0 Å². The Hall–Kier alpha value is -1.14. The van der Waals surface area contributed by atoms with Crippen molar-refractivity contribution in [2.45, 2.75) is 104 Å². The van der Waals surface area contributed by atoms with E-state index in [1.807, 2.05) is 0 Å². The molecule has 0 amide bonds. The number of likely N-dealkylation sites (N-methyl/N-ethyl adjacent to an activating group) is 2. The Labute approximate surface area is 211 Å². The molecule has 0 aromatic rings. The molecule has 0 heterocycles. The summed E-state index contributed by atoms with van der Waals surface area (Å²) < 4.78 is 12.7. The number of hydrogen-bond donors (Lipinski definition) is 0. The Balaban J connectivity index is 3.66. The van der Waals surface area contributed by atoms with E-state index in [1.54, 1.807) is 0 Å². The van der Waals surface area contributed by atoms with Gasteiger partial charge in [-0.2, -0.15) is 0 Å². The Bertz CT molecular complexity index is 475. The SMILES string of the molecule is CCCCCC[N+](C)(C)CCOC(=O)CCCCCCC(=O)OCC[N+](C)(C)CCCCCC. The highest BCUT2D eigenvalue weighted by atomic mass is 16.5. The van der Waals surface area contributed by atoms with Crippen LogP contribution < -0.4 is 0 Å². The normalized spacial score (nSPS) is 12.1. The first-order chi connectivity index (χ1) is 16.1. The number of unbranched alkanes of at least 4 members (excludes halogenated alkanes) is 9. The van der Waals surface area contributed by atoms with Crippen molar-refractivity contribution in [2.24, 2.45) is 0 Å². The second-order valence-electron chi connectivity index (χ2n) is 11.2. The number of quaternary nitrogens is 2. The smallest absolute Gasteiger partial charge is 0.305 e. The number of ether oxygens (including phenoxy) is 2. The molecule has 6 nitrogen and oxygen atoms in total. The summed E-state index contributed by atoms with van der Waals surface area (Å²) in [5, 5.41) is 0. The van der Waals surface area contributed by atoms with Gasteiger partial charge in [0.2, 0.25) is 0 Å². The summed E-state index contributed by atoms with van der Waals surface area (Å²) >= 11 is 0. The summed E-state index contributed by atoms with van der Waals surface area (Å²) in [7, 11) is 8.83. The lowest BCUT2D eigenvalue weighted by Crippen LogP contribution is -2.43. The Kier molecular flexibility index (Phi) is 19.4. The minimum atomic E-state index is -0.0965. The van der Waals surface area contributed by atoms with Crippen molar-refractivity contribution in [3.05, 3.63) is 0 Å². The highest BCUT2D eigenvalue weighted by molar-refractivity contribution is 5.69. The van der Waals surface area contributed by atoms with Crippen molar-refractivity contribution in [1.82, 2.24) is 0 Å². The first-order valence-corrected chi connectivity index (χ1v) is 14.1. The van der Waals surface area contributed by atoms with Gasteiger partial charge in [0.05, 0.1) is 41.3 Å². The quantitative estimate of drug-likeness (QED) is 0.105. The van der Waals surface area contributed by atoms with Gasteiger partial charge in [0.15, 0.2) is 0 Å². The number of carbonyl (C=O) groups is 2. The zero-order chi connectivity index (χ0) is 25.7. The molecule has 0 aromatic heterocycles. The molecule has 6 heteroatoms. The number of nitrogens with zero attached hydrogens (tertiary/aromatic N) is 2. The molecular weight excluding hydrogens is 428 g/mol. The molecule has 0 N–H and O–H groups in total. The van der Waals surface area contributed by atoms with Crippen LogP contribution in [0.25, 0.3) is 0 Å². The van der Waals surface area contributed by atoms with E-state index in [2.05, 4.69) is 42.0 Å². The molecule has 202 valence electrons. The van der Waals surface area contributed by atoms with Gasteiger partial charge in [0.25, 0.3) is 0 Å². The number of hydrogen-bond acceptors (Lipinski definition) is 4. The van der Waals surface area contributed by atoms with E-state index < -0.39 is 0 Å². The van der Waals surface area contributed by atoms with Crippen molar-refractivity contribution in [1.29, 1.82) is 0 Å². The monoisotopic (exact) mass is 486 g/mol. The van der Waals surface area contributed by atoms with Crippen LogP contribution in [0.15, 0.2) is 0 Å². The zero-order valence-corrected chi connectivity index (χ0v) is 23.7. The van der Waals surface area contributed by atoms with Crippen LogP contribution in [0.5, 0.6) is 0 Å². The highest BCUT2D eigenvalue weighted by Gasteiger charge is 2.16. The molecule has 0 radical (unpaired) electrons. The summed E-state index contributed by atoms with van der Waals surface area (Å²) in [5.74, 6) is -0.193. The lowest BCUT2D eigenvalue weighted by atomic mass is 10.1. The maximum absolute atomic E-state index is 12.0. The van der Waals surface area contributed by atoms with Crippen molar-refractivity contribution in [3.63, 3.8) is 0 Å². The molecule has 0 rings (SSSR count). The average molecular weight is 487 g/mol. The van der Waals surface area contributed by atoms with Gasteiger partial charge in [-0.05, 0) is 38.5 Å². The van der Waals surface area contributed by atoms with E-state index in [4.69, 9.17) is 9.47 Å². The molecule has 0 atom stereocenters.